The minimum Gasteiger partial charge on any atom is -0.0654 e. The van der Waals surface area contributed by atoms with Crippen LogP contribution in [0, 0.1) is 5.92 Å². The van der Waals surface area contributed by atoms with Gasteiger partial charge in [0, 0.05) is 3.58 Å². The zero-order chi connectivity index (χ0) is 7.02. The Labute approximate surface area is 70.2 Å². The second kappa shape index (κ2) is 2.45. The molecular formula is C8H11I. The summed E-state index contributed by atoms with van der Waals surface area (Å²) in [5.41, 5.74) is 3.02. The number of halogens is 1. The van der Waals surface area contributed by atoms with Crippen LogP contribution in [0.3, 0.4) is 0 Å². The first kappa shape index (κ1) is 7.32. The molecule has 0 saturated heterocycles. The predicted octanol–water partition coefficient (Wildman–Crippen LogP) is 3.29. The standard InChI is InChI=1S/C8H11I/c1-5-4-8(9)7(3)6(5)2/h4,6H,1-3H3. The van der Waals surface area contributed by atoms with Crippen LogP contribution < -0.4 is 0 Å². The first-order chi connectivity index (χ1) is 4.13. The molecule has 0 amide bonds. The molecule has 0 aromatic heterocycles. The van der Waals surface area contributed by atoms with Crippen LogP contribution in [0.5, 0.6) is 0 Å². The second-order valence-electron chi connectivity index (χ2n) is 2.64. The van der Waals surface area contributed by atoms with Gasteiger partial charge in [0.25, 0.3) is 0 Å². The molecule has 0 spiro atoms. The smallest absolute Gasteiger partial charge is 0.0125 e. The van der Waals surface area contributed by atoms with E-state index in [1.54, 1.807) is 0 Å². The van der Waals surface area contributed by atoms with Crippen molar-refractivity contribution in [3.8, 4) is 0 Å². The summed E-state index contributed by atoms with van der Waals surface area (Å²) in [6.45, 7) is 6.66. The van der Waals surface area contributed by atoms with E-state index in [0.29, 0.717) is 5.92 Å². The maximum atomic E-state index is 2.39. The van der Waals surface area contributed by atoms with Crippen LogP contribution in [-0.2, 0) is 0 Å². The number of hydrogen-bond acceptors (Lipinski definition) is 0. The Morgan fingerprint density at radius 1 is 1.44 bits per heavy atom. The van der Waals surface area contributed by atoms with Crippen LogP contribution >= 0.6 is 22.6 Å². The highest BCUT2D eigenvalue weighted by atomic mass is 127. The van der Waals surface area contributed by atoms with Gasteiger partial charge in [-0.1, -0.05) is 18.1 Å². The van der Waals surface area contributed by atoms with Gasteiger partial charge in [-0.25, -0.2) is 0 Å². The van der Waals surface area contributed by atoms with Gasteiger partial charge >= 0.3 is 0 Å². The number of allylic oxidation sites excluding steroid dienone is 4. The predicted molar refractivity (Wildman–Crippen MR) is 49.6 cm³/mol. The summed E-state index contributed by atoms with van der Waals surface area (Å²) in [6, 6.07) is 0. The molecule has 0 aromatic rings. The number of rotatable bonds is 0. The largest absolute Gasteiger partial charge is 0.0654 e. The molecule has 0 nitrogen and oxygen atoms in total. The topological polar surface area (TPSA) is 0 Å². The Bertz CT molecular complexity index is 187. The van der Waals surface area contributed by atoms with Crippen LogP contribution in [0.2, 0.25) is 0 Å². The molecule has 9 heavy (non-hydrogen) atoms. The Morgan fingerprint density at radius 2 is 2.00 bits per heavy atom. The lowest BCUT2D eigenvalue weighted by Crippen LogP contribution is -1.91. The van der Waals surface area contributed by atoms with Crippen molar-refractivity contribution in [3.05, 3.63) is 20.8 Å². The normalized spacial score (nSPS) is 27.1. The van der Waals surface area contributed by atoms with Crippen molar-refractivity contribution in [1.29, 1.82) is 0 Å². The highest BCUT2D eigenvalue weighted by Crippen LogP contribution is 2.33. The summed E-state index contributed by atoms with van der Waals surface area (Å²) >= 11 is 2.39. The van der Waals surface area contributed by atoms with E-state index in [-0.39, 0.29) is 0 Å². The van der Waals surface area contributed by atoms with Crippen LogP contribution in [0.25, 0.3) is 0 Å². The van der Waals surface area contributed by atoms with Crippen molar-refractivity contribution >= 4 is 22.6 Å². The fourth-order valence-corrected chi connectivity index (χ4v) is 1.95. The second-order valence-corrected chi connectivity index (χ2v) is 3.80. The third-order valence-corrected chi connectivity index (χ3v) is 3.23. The van der Waals surface area contributed by atoms with E-state index in [0.717, 1.165) is 0 Å². The van der Waals surface area contributed by atoms with E-state index in [1.165, 1.54) is 14.7 Å². The van der Waals surface area contributed by atoms with Crippen LogP contribution in [-0.4, -0.2) is 0 Å². The first-order valence-electron chi connectivity index (χ1n) is 3.17. The van der Waals surface area contributed by atoms with Gasteiger partial charge < -0.3 is 0 Å². The monoisotopic (exact) mass is 234 g/mol. The van der Waals surface area contributed by atoms with Crippen molar-refractivity contribution in [2.45, 2.75) is 20.8 Å². The lowest BCUT2D eigenvalue weighted by molar-refractivity contribution is 0.821. The highest BCUT2D eigenvalue weighted by molar-refractivity contribution is 14.1. The fourth-order valence-electron chi connectivity index (χ4n) is 0.987. The van der Waals surface area contributed by atoms with Crippen LogP contribution in [0.4, 0.5) is 0 Å². The molecule has 0 N–H and O–H groups in total. The maximum absolute atomic E-state index is 2.39. The summed E-state index contributed by atoms with van der Waals surface area (Å²) in [5.74, 6) is 0.692. The SMILES string of the molecule is CC1=CC(I)=C(C)C1C. The molecule has 1 atom stereocenters. The fraction of sp³-hybridized carbons (Fsp3) is 0.500. The molecule has 1 aliphatic carbocycles. The summed E-state index contributed by atoms with van der Waals surface area (Å²) in [4.78, 5) is 0. The van der Waals surface area contributed by atoms with Crippen molar-refractivity contribution in [1.82, 2.24) is 0 Å². The van der Waals surface area contributed by atoms with Crippen molar-refractivity contribution in [2.24, 2.45) is 5.92 Å². The molecule has 0 fully saturated rings. The Kier molecular flexibility index (Phi) is 1.99. The quantitative estimate of drug-likeness (QED) is 0.564. The van der Waals surface area contributed by atoms with E-state index in [9.17, 15) is 0 Å². The van der Waals surface area contributed by atoms with Crippen molar-refractivity contribution in [3.63, 3.8) is 0 Å². The van der Waals surface area contributed by atoms with E-state index in [4.69, 9.17) is 0 Å². The zero-order valence-corrected chi connectivity index (χ0v) is 8.19. The van der Waals surface area contributed by atoms with Gasteiger partial charge in [0.15, 0.2) is 0 Å². The summed E-state index contributed by atoms with van der Waals surface area (Å²) in [7, 11) is 0. The van der Waals surface area contributed by atoms with Crippen LogP contribution in [0.1, 0.15) is 20.8 Å². The van der Waals surface area contributed by atoms with Gasteiger partial charge in [0.1, 0.15) is 0 Å². The molecule has 0 bridgehead atoms. The maximum Gasteiger partial charge on any atom is 0.0125 e. The lowest BCUT2D eigenvalue weighted by Gasteiger charge is -2.04. The molecule has 50 valence electrons. The minimum absolute atomic E-state index is 0.692. The molecule has 1 heteroatoms. The average molecular weight is 234 g/mol. The van der Waals surface area contributed by atoms with Crippen LogP contribution in [0.15, 0.2) is 20.8 Å². The molecular weight excluding hydrogens is 223 g/mol. The van der Waals surface area contributed by atoms with E-state index in [1.807, 2.05) is 0 Å². The summed E-state index contributed by atoms with van der Waals surface area (Å²) in [6.07, 6.45) is 2.26. The molecule has 0 heterocycles. The molecule has 0 aromatic carbocycles. The molecule has 0 aliphatic heterocycles. The van der Waals surface area contributed by atoms with Crippen molar-refractivity contribution in [2.75, 3.05) is 0 Å². The van der Waals surface area contributed by atoms with E-state index < -0.39 is 0 Å². The zero-order valence-electron chi connectivity index (χ0n) is 6.03. The van der Waals surface area contributed by atoms with Gasteiger partial charge in [-0.15, -0.1) is 0 Å². The summed E-state index contributed by atoms with van der Waals surface area (Å²) < 4.78 is 1.43. The summed E-state index contributed by atoms with van der Waals surface area (Å²) in [5, 5.41) is 0. The van der Waals surface area contributed by atoms with Gasteiger partial charge in [0.05, 0.1) is 0 Å². The molecule has 1 rings (SSSR count). The van der Waals surface area contributed by atoms with Gasteiger partial charge in [-0.2, -0.15) is 0 Å². The molecule has 1 unspecified atom stereocenters. The van der Waals surface area contributed by atoms with Gasteiger partial charge in [0.2, 0.25) is 0 Å². The minimum atomic E-state index is 0.692. The first-order valence-corrected chi connectivity index (χ1v) is 4.25. The van der Waals surface area contributed by atoms with E-state index >= 15 is 0 Å². The Hall–Kier alpha value is 0.210. The lowest BCUT2D eigenvalue weighted by atomic mass is 10.0. The highest BCUT2D eigenvalue weighted by Gasteiger charge is 2.14. The van der Waals surface area contributed by atoms with Crippen molar-refractivity contribution < 1.29 is 0 Å². The third-order valence-electron chi connectivity index (χ3n) is 2.06. The van der Waals surface area contributed by atoms with Gasteiger partial charge in [-0.3, -0.25) is 0 Å². The molecule has 0 saturated carbocycles. The molecule has 0 radical (unpaired) electrons. The third kappa shape index (κ3) is 1.20. The average Bonchev–Trinajstić information content (AvgIpc) is 1.98. The Balaban J connectivity index is 2.92. The van der Waals surface area contributed by atoms with E-state index in [2.05, 4.69) is 49.4 Å². The Morgan fingerprint density at radius 3 is 2.11 bits per heavy atom. The number of hydrogen-bond donors (Lipinski definition) is 0. The molecule has 1 aliphatic rings. The van der Waals surface area contributed by atoms with Gasteiger partial charge in [-0.05, 0) is 48.4 Å².